The largest absolute Gasteiger partial charge is 0.493 e. The maximum Gasteiger partial charge on any atom is 0.121 e. The smallest absolute Gasteiger partial charge is 0.121 e. The first kappa shape index (κ1) is 18.0. The number of ether oxygens (including phenoxy) is 1. The van der Waals surface area contributed by atoms with Crippen LogP contribution in [0.5, 0.6) is 0 Å². The van der Waals surface area contributed by atoms with Crippen LogP contribution >= 0.6 is 0 Å². The van der Waals surface area contributed by atoms with Crippen molar-refractivity contribution in [2.45, 2.75) is 60.3 Å². The molecule has 0 saturated carbocycles. The average molecular weight is 264 g/mol. The molecular weight excluding hydrogens is 232 g/mol. The second-order valence-electron chi connectivity index (χ2n) is 6.20. The molecule has 0 amide bonds. The molecule has 0 aliphatic carbocycles. The molecular formula is C18H32O. The highest BCUT2D eigenvalue weighted by Gasteiger charge is 2.05. The molecule has 1 heteroatoms. The van der Waals surface area contributed by atoms with Gasteiger partial charge in [0.05, 0.1) is 6.61 Å². The molecule has 0 fully saturated rings. The topological polar surface area (TPSA) is 9.23 Å². The van der Waals surface area contributed by atoms with Crippen LogP contribution in [0, 0.1) is 11.8 Å². The Morgan fingerprint density at radius 2 is 1.68 bits per heavy atom. The highest BCUT2D eigenvalue weighted by Crippen LogP contribution is 2.17. The second-order valence-corrected chi connectivity index (χ2v) is 6.20. The van der Waals surface area contributed by atoms with Gasteiger partial charge < -0.3 is 4.74 Å². The van der Waals surface area contributed by atoms with E-state index in [0.29, 0.717) is 0 Å². The van der Waals surface area contributed by atoms with Gasteiger partial charge in [0.15, 0.2) is 0 Å². The van der Waals surface area contributed by atoms with E-state index in [1.54, 1.807) is 0 Å². The van der Waals surface area contributed by atoms with Crippen LogP contribution in [-0.2, 0) is 4.74 Å². The standard InChI is InChI=1S/C18H32O/c1-14(2)9-8-10-17(7)11-12-19-18(16(5)6)13-15(3)4/h13-14,17H,3,5,8-12H2,1-2,4,6-7H3/b18-13+. The van der Waals surface area contributed by atoms with E-state index in [1.807, 2.05) is 19.9 Å². The Morgan fingerprint density at radius 3 is 2.16 bits per heavy atom. The predicted octanol–water partition coefficient (Wildman–Crippen LogP) is 5.89. The van der Waals surface area contributed by atoms with E-state index < -0.39 is 0 Å². The van der Waals surface area contributed by atoms with Gasteiger partial charge in [0.25, 0.3) is 0 Å². The first-order valence-electron chi connectivity index (χ1n) is 7.48. The first-order valence-corrected chi connectivity index (χ1v) is 7.48. The summed E-state index contributed by atoms with van der Waals surface area (Å²) in [4.78, 5) is 0. The zero-order valence-corrected chi connectivity index (χ0v) is 13.6. The van der Waals surface area contributed by atoms with Crippen LogP contribution in [-0.4, -0.2) is 6.61 Å². The average Bonchev–Trinajstić information content (AvgIpc) is 2.26. The van der Waals surface area contributed by atoms with Gasteiger partial charge in [0.2, 0.25) is 0 Å². The summed E-state index contributed by atoms with van der Waals surface area (Å²) in [5.41, 5.74) is 1.97. The van der Waals surface area contributed by atoms with Crippen molar-refractivity contribution >= 4 is 0 Å². The lowest BCUT2D eigenvalue weighted by atomic mass is 9.98. The number of hydrogen-bond donors (Lipinski definition) is 0. The Labute approximate surface area is 120 Å². The molecule has 1 unspecified atom stereocenters. The van der Waals surface area contributed by atoms with Gasteiger partial charge in [-0.15, -0.1) is 0 Å². The fourth-order valence-corrected chi connectivity index (χ4v) is 1.90. The third kappa shape index (κ3) is 10.6. The van der Waals surface area contributed by atoms with Crippen molar-refractivity contribution in [3.05, 3.63) is 36.1 Å². The zero-order valence-electron chi connectivity index (χ0n) is 13.6. The maximum absolute atomic E-state index is 5.81. The van der Waals surface area contributed by atoms with E-state index >= 15 is 0 Å². The van der Waals surface area contributed by atoms with Crippen LogP contribution in [0.1, 0.15) is 60.3 Å². The molecule has 0 radical (unpaired) electrons. The summed E-state index contributed by atoms with van der Waals surface area (Å²) in [6.07, 6.45) is 7.03. The molecule has 0 aromatic heterocycles. The van der Waals surface area contributed by atoms with Gasteiger partial charge >= 0.3 is 0 Å². The Bertz CT molecular complexity index is 310. The lowest BCUT2D eigenvalue weighted by molar-refractivity contribution is 0.196. The third-order valence-corrected chi connectivity index (χ3v) is 3.14. The van der Waals surface area contributed by atoms with E-state index in [2.05, 4.69) is 33.9 Å². The molecule has 0 rings (SSSR count). The predicted molar refractivity (Wildman–Crippen MR) is 86.1 cm³/mol. The lowest BCUT2D eigenvalue weighted by Gasteiger charge is -2.15. The number of rotatable bonds is 10. The molecule has 1 atom stereocenters. The lowest BCUT2D eigenvalue weighted by Crippen LogP contribution is -2.03. The van der Waals surface area contributed by atoms with Crippen molar-refractivity contribution in [3.8, 4) is 0 Å². The van der Waals surface area contributed by atoms with Gasteiger partial charge in [-0.25, -0.2) is 0 Å². The minimum atomic E-state index is 0.731. The summed E-state index contributed by atoms with van der Waals surface area (Å²) in [5, 5.41) is 0. The molecule has 0 aromatic rings. The summed E-state index contributed by atoms with van der Waals surface area (Å²) in [6, 6.07) is 0. The van der Waals surface area contributed by atoms with Crippen LogP contribution in [0.4, 0.5) is 0 Å². The summed E-state index contributed by atoms with van der Waals surface area (Å²) < 4.78 is 5.81. The molecule has 0 aliphatic heterocycles. The Kier molecular flexibility index (Phi) is 9.38. The fourth-order valence-electron chi connectivity index (χ4n) is 1.90. The van der Waals surface area contributed by atoms with Crippen LogP contribution in [0.25, 0.3) is 0 Å². The molecule has 0 saturated heterocycles. The Balaban J connectivity index is 3.93. The van der Waals surface area contributed by atoms with Crippen LogP contribution < -0.4 is 0 Å². The van der Waals surface area contributed by atoms with Crippen LogP contribution in [0.3, 0.4) is 0 Å². The molecule has 0 aliphatic rings. The number of allylic oxidation sites excluding steroid dienone is 3. The normalized spacial score (nSPS) is 13.5. The van der Waals surface area contributed by atoms with Crippen molar-refractivity contribution in [2.75, 3.05) is 6.61 Å². The van der Waals surface area contributed by atoms with Gasteiger partial charge in [-0.2, -0.15) is 0 Å². The van der Waals surface area contributed by atoms with Gasteiger partial charge in [-0.1, -0.05) is 58.8 Å². The molecule has 0 spiro atoms. The molecule has 0 aromatic carbocycles. The minimum Gasteiger partial charge on any atom is -0.493 e. The first-order chi connectivity index (χ1) is 8.82. The monoisotopic (exact) mass is 264 g/mol. The van der Waals surface area contributed by atoms with E-state index in [4.69, 9.17) is 4.74 Å². The van der Waals surface area contributed by atoms with Crippen molar-refractivity contribution in [1.29, 1.82) is 0 Å². The van der Waals surface area contributed by atoms with Gasteiger partial charge in [0, 0.05) is 0 Å². The SMILES string of the molecule is C=C(C)/C=C(/OCCC(C)CCCC(C)C)C(=C)C. The molecule has 19 heavy (non-hydrogen) atoms. The maximum atomic E-state index is 5.81. The van der Waals surface area contributed by atoms with E-state index in [-0.39, 0.29) is 0 Å². The molecule has 0 bridgehead atoms. The summed E-state index contributed by atoms with van der Waals surface area (Å²) in [6.45, 7) is 19.4. The van der Waals surface area contributed by atoms with Crippen LogP contribution in [0.2, 0.25) is 0 Å². The van der Waals surface area contributed by atoms with Gasteiger partial charge in [-0.05, 0) is 43.8 Å². The second kappa shape index (κ2) is 9.89. The zero-order chi connectivity index (χ0) is 14.8. The molecule has 1 nitrogen and oxygen atoms in total. The summed E-state index contributed by atoms with van der Waals surface area (Å²) in [5.74, 6) is 2.42. The Hall–Kier alpha value is -0.980. The molecule has 110 valence electrons. The van der Waals surface area contributed by atoms with Gasteiger partial charge in [-0.3, -0.25) is 0 Å². The van der Waals surface area contributed by atoms with E-state index in [0.717, 1.165) is 41.8 Å². The quantitative estimate of drug-likeness (QED) is 0.353. The van der Waals surface area contributed by atoms with Crippen molar-refractivity contribution in [1.82, 2.24) is 0 Å². The van der Waals surface area contributed by atoms with Crippen molar-refractivity contribution in [2.24, 2.45) is 11.8 Å². The van der Waals surface area contributed by atoms with Crippen LogP contribution in [0.15, 0.2) is 36.1 Å². The van der Waals surface area contributed by atoms with E-state index in [1.165, 1.54) is 19.3 Å². The molecule has 0 heterocycles. The highest BCUT2D eigenvalue weighted by molar-refractivity contribution is 5.27. The minimum absolute atomic E-state index is 0.731. The summed E-state index contributed by atoms with van der Waals surface area (Å²) in [7, 11) is 0. The fraction of sp³-hybridized carbons (Fsp3) is 0.667. The van der Waals surface area contributed by atoms with Crippen molar-refractivity contribution in [3.63, 3.8) is 0 Å². The van der Waals surface area contributed by atoms with Crippen molar-refractivity contribution < 1.29 is 4.74 Å². The number of hydrogen-bond acceptors (Lipinski definition) is 1. The Morgan fingerprint density at radius 1 is 1.05 bits per heavy atom. The van der Waals surface area contributed by atoms with Gasteiger partial charge in [0.1, 0.15) is 5.76 Å². The third-order valence-electron chi connectivity index (χ3n) is 3.14. The molecule has 0 N–H and O–H groups in total. The highest BCUT2D eigenvalue weighted by atomic mass is 16.5. The summed E-state index contributed by atoms with van der Waals surface area (Å²) >= 11 is 0. The van der Waals surface area contributed by atoms with E-state index in [9.17, 15) is 0 Å².